The van der Waals surface area contributed by atoms with E-state index >= 15 is 0 Å². The van der Waals surface area contributed by atoms with E-state index in [-0.39, 0.29) is 6.10 Å². The highest BCUT2D eigenvalue weighted by atomic mass is 79.9. The lowest BCUT2D eigenvalue weighted by Crippen LogP contribution is -2.49. The summed E-state index contributed by atoms with van der Waals surface area (Å²) in [4.78, 5) is 7.87. The number of rotatable bonds is 4. The van der Waals surface area contributed by atoms with Crippen LogP contribution < -0.4 is 4.90 Å². The van der Waals surface area contributed by atoms with Crippen molar-refractivity contribution in [2.75, 3.05) is 44.7 Å². The molecule has 0 spiro atoms. The Kier molecular flexibility index (Phi) is 5.68. The number of ether oxygens (including phenoxy) is 1. The van der Waals surface area contributed by atoms with Crippen molar-refractivity contribution >= 4 is 21.6 Å². The van der Waals surface area contributed by atoms with Gasteiger partial charge in [-0.15, -0.1) is 0 Å². The zero-order valence-corrected chi connectivity index (χ0v) is 14.1. The first kappa shape index (κ1) is 17.5. The molecule has 8 heteroatoms. The van der Waals surface area contributed by atoms with Crippen molar-refractivity contribution in [3.8, 4) is 0 Å². The topological polar surface area (TPSA) is 28.6 Å². The summed E-state index contributed by atoms with van der Waals surface area (Å²) in [6, 6.07) is 1.94. The zero-order chi connectivity index (χ0) is 16.3. The van der Waals surface area contributed by atoms with Gasteiger partial charge >= 0.3 is 6.18 Å². The van der Waals surface area contributed by atoms with Crippen LogP contribution in [0.15, 0.2) is 16.7 Å². The lowest BCUT2D eigenvalue weighted by atomic mass is 10.2. The largest absolute Gasteiger partial charge is 0.401 e. The smallest absolute Gasteiger partial charge is 0.375 e. The molecule has 0 bridgehead atoms. The lowest BCUT2D eigenvalue weighted by molar-refractivity contribution is -0.146. The number of halogens is 4. The maximum Gasteiger partial charge on any atom is 0.401 e. The van der Waals surface area contributed by atoms with Gasteiger partial charge in [-0.25, -0.2) is 0 Å². The molecule has 1 saturated heterocycles. The Morgan fingerprint density at radius 3 is 2.45 bits per heavy atom. The summed E-state index contributed by atoms with van der Waals surface area (Å²) in [7, 11) is 1.62. The van der Waals surface area contributed by atoms with Gasteiger partial charge in [-0.2, -0.15) is 13.2 Å². The highest BCUT2D eigenvalue weighted by Gasteiger charge is 2.32. The van der Waals surface area contributed by atoms with Gasteiger partial charge < -0.3 is 9.64 Å². The van der Waals surface area contributed by atoms with Crippen LogP contribution in [0.3, 0.4) is 0 Å². The van der Waals surface area contributed by atoms with Crippen LogP contribution in [0, 0.1) is 0 Å². The lowest BCUT2D eigenvalue weighted by Gasteiger charge is -2.36. The molecule has 1 aliphatic heterocycles. The van der Waals surface area contributed by atoms with Gasteiger partial charge in [-0.05, 0) is 28.9 Å². The average molecular weight is 382 g/mol. The molecule has 124 valence electrons. The molecule has 22 heavy (non-hydrogen) atoms. The van der Waals surface area contributed by atoms with Crippen LogP contribution >= 0.6 is 15.9 Å². The van der Waals surface area contributed by atoms with Gasteiger partial charge in [0.15, 0.2) is 0 Å². The van der Waals surface area contributed by atoms with E-state index in [0.29, 0.717) is 26.2 Å². The second-order valence-electron chi connectivity index (χ2n) is 5.32. The molecule has 1 aromatic rings. The van der Waals surface area contributed by atoms with Gasteiger partial charge in [0.05, 0.1) is 30.2 Å². The monoisotopic (exact) mass is 381 g/mol. The number of hydrogen-bond acceptors (Lipinski definition) is 4. The van der Waals surface area contributed by atoms with E-state index in [9.17, 15) is 13.2 Å². The number of alkyl halides is 3. The summed E-state index contributed by atoms with van der Waals surface area (Å²) < 4.78 is 43.2. The number of hydrogen-bond donors (Lipinski definition) is 0. The van der Waals surface area contributed by atoms with Crippen LogP contribution in [0.5, 0.6) is 0 Å². The molecular weight excluding hydrogens is 363 g/mol. The van der Waals surface area contributed by atoms with Crippen LogP contribution in [0.1, 0.15) is 18.7 Å². The first-order valence-electron chi connectivity index (χ1n) is 7.02. The van der Waals surface area contributed by atoms with Gasteiger partial charge in [-0.3, -0.25) is 9.88 Å². The van der Waals surface area contributed by atoms with E-state index in [0.717, 1.165) is 15.9 Å². The second kappa shape index (κ2) is 7.14. The molecule has 2 heterocycles. The third-order valence-corrected chi connectivity index (χ3v) is 4.37. The Morgan fingerprint density at radius 1 is 1.32 bits per heavy atom. The molecule has 0 radical (unpaired) electrons. The third kappa shape index (κ3) is 4.57. The fourth-order valence-electron chi connectivity index (χ4n) is 2.44. The molecule has 0 aliphatic carbocycles. The van der Waals surface area contributed by atoms with Crippen molar-refractivity contribution in [1.82, 2.24) is 9.88 Å². The standard InChI is InChI=1S/C14H19BrF3N3O/c1-10(22-2)13-12(15)7-11(8-19-13)21-5-3-20(4-6-21)9-14(16,17)18/h7-8,10H,3-6,9H2,1-2H3. The molecule has 0 amide bonds. The Hall–Kier alpha value is -0.860. The minimum atomic E-state index is -4.13. The Morgan fingerprint density at radius 2 is 1.95 bits per heavy atom. The van der Waals surface area contributed by atoms with Gasteiger partial charge in [0.1, 0.15) is 0 Å². The molecule has 1 aliphatic rings. The normalized spacial score (nSPS) is 18.5. The molecular formula is C14H19BrF3N3O. The van der Waals surface area contributed by atoms with Crippen LogP contribution in [0.25, 0.3) is 0 Å². The summed E-state index contributed by atoms with van der Waals surface area (Å²) in [6.07, 6.45) is -2.51. The molecule has 1 aromatic heterocycles. The van der Waals surface area contributed by atoms with Crippen molar-refractivity contribution in [2.45, 2.75) is 19.2 Å². The van der Waals surface area contributed by atoms with Gasteiger partial charge in [0.2, 0.25) is 0 Å². The van der Waals surface area contributed by atoms with E-state index in [4.69, 9.17) is 4.74 Å². The van der Waals surface area contributed by atoms with Crippen LogP contribution in [0.2, 0.25) is 0 Å². The summed E-state index contributed by atoms with van der Waals surface area (Å²) >= 11 is 3.48. The SMILES string of the molecule is COC(C)c1ncc(N2CCN(CC(F)(F)F)CC2)cc1Br. The summed E-state index contributed by atoms with van der Waals surface area (Å²) in [5.74, 6) is 0. The molecule has 4 nitrogen and oxygen atoms in total. The molecule has 1 fully saturated rings. The number of aromatic nitrogens is 1. The fourth-order valence-corrected chi connectivity index (χ4v) is 3.10. The first-order valence-corrected chi connectivity index (χ1v) is 7.82. The minimum absolute atomic E-state index is 0.118. The molecule has 1 atom stereocenters. The first-order chi connectivity index (χ1) is 10.3. The highest BCUT2D eigenvalue weighted by molar-refractivity contribution is 9.10. The number of nitrogens with zero attached hydrogens (tertiary/aromatic N) is 3. The molecule has 2 rings (SSSR count). The number of piperazine rings is 1. The Bertz CT molecular complexity index is 505. The van der Waals surface area contributed by atoms with Crippen molar-refractivity contribution in [1.29, 1.82) is 0 Å². The maximum atomic E-state index is 12.4. The Labute approximate surface area is 136 Å². The highest BCUT2D eigenvalue weighted by Crippen LogP contribution is 2.28. The minimum Gasteiger partial charge on any atom is -0.375 e. The van der Waals surface area contributed by atoms with Gasteiger partial charge in [-0.1, -0.05) is 0 Å². The van der Waals surface area contributed by atoms with E-state index < -0.39 is 12.7 Å². The van der Waals surface area contributed by atoms with Crippen LogP contribution in [-0.2, 0) is 4.74 Å². The Balaban J connectivity index is 1.98. The predicted molar refractivity (Wildman–Crippen MR) is 82.1 cm³/mol. The zero-order valence-electron chi connectivity index (χ0n) is 12.5. The van der Waals surface area contributed by atoms with E-state index in [2.05, 4.69) is 20.9 Å². The summed E-state index contributed by atoms with van der Waals surface area (Å²) in [5.41, 5.74) is 1.72. The van der Waals surface area contributed by atoms with Crippen molar-refractivity contribution in [2.24, 2.45) is 0 Å². The van der Waals surface area contributed by atoms with Crippen molar-refractivity contribution in [3.05, 3.63) is 22.4 Å². The predicted octanol–water partition coefficient (Wildman–Crippen LogP) is 3.24. The van der Waals surface area contributed by atoms with Crippen LogP contribution in [-0.4, -0.2) is 55.9 Å². The van der Waals surface area contributed by atoms with E-state index in [1.54, 1.807) is 13.3 Å². The molecule has 0 aromatic carbocycles. The fraction of sp³-hybridized carbons (Fsp3) is 0.643. The average Bonchev–Trinajstić information content (AvgIpc) is 2.45. The molecule has 1 unspecified atom stereocenters. The molecule has 0 saturated carbocycles. The number of methoxy groups -OCH3 is 1. The maximum absolute atomic E-state index is 12.4. The van der Waals surface area contributed by atoms with Gasteiger partial charge in [0, 0.05) is 37.8 Å². The van der Waals surface area contributed by atoms with Crippen molar-refractivity contribution < 1.29 is 17.9 Å². The van der Waals surface area contributed by atoms with E-state index in [1.165, 1.54) is 4.90 Å². The number of anilines is 1. The number of pyridine rings is 1. The summed E-state index contributed by atoms with van der Waals surface area (Å²) in [5, 5.41) is 0. The summed E-state index contributed by atoms with van der Waals surface area (Å²) in [6.45, 7) is 2.98. The quantitative estimate of drug-likeness (QED) is 0.800. The third-order valence-electron chi connectivity index (χ3n) is 3.73. The molecule has 0 N–H and O–H groups in total. The van der Waals surface area contributed by atoms with Crippen LogP contribution in [0.4, 0.5) is 18.9 Å². The van der Waals surface area contributed by atoms with E-state index in [1.807, 2.05) is 17.9 Å². The van der Waals surface area contributed by atoms with Crippen molar-refractivity contribution in [3.63, 3.8) is 0 Å². The second-order valence-corrected chi connectivity index (χ2v) is 6.17. The van der Waals surface area contributed by atoms with Gasteiger partial charge in [0.25, 0.3) is 0 Å².